The minimum absolute atomic E-state index is 0.0334. The van der Waals surface area contributed by atoms with Gasteiger partial charge in [0.15, 0.2) is 6.61 Å². The molecule has 0 bridgehead atoms. The minimum atomic E-state index is -3.83. The Morgan fingerprint density at radius 3 is 2.26 bits per heavy atom. The van der Waals surface area contributed by atoms with Crippen molar-refractivity contribution in [3.63, 3.8) is 0 Å². The fraction of sp³-hybridized carbons (Fsp3) is 0.0952. The summed E-state index contributed by atoms with van der Waals surface area (Å²) in [4.78, 5) is 12.0. The Balaban J connectivity index is 1.59. The zero-order valence-corrected chi connectivity index (χ0v) is 19.4. The highest BCUT2D eigenvalue weighted by Gasteiger charge is 2.15. The Labute approximate surface area is 193 Å². The molecule has 0 saturated carbocycles. The zero-order valence-electron chi connectivity index (χ0n) is 16.3. The predicted octanol–water partition coefficient (Wildman–Crippen LogP) is 4.93. The van der Waals surface area contributed by atoms with E-state index in [0.717, 1.165) is 4.47 Å². The number of hydrogen-bond acceptors (Lipinski definition) is 5. The third kappa shape index (κ3) is 6.36. The Morgan fingerprint density at radius 1 is 1.00 bits per heavy atom. The number of anilines is 2. The van der Waals surface area contributed by atoms with E-state index in [9.17, 15) is 13.2 Å². The lowest BCUT2D eigenvalue weighted by molar-refractivity contribution is -0.118. The molecule has 0 aliphatic rings. The monoisotopic (exact) mass is 524 g/mol. The molecule has 0 atom stereocenters. The van der Waals surface area contributed by atoms with Gasteiger partial charge < -0.3 is 14.8 Å². The standard InChI is InChI=1S/C21H18BrClN2O5S/c1-29-20-11-6-16(12-19(20)23)25-31(27,28)18-9-7-17(8-10-18)30-13-21(26)24-15-4-2-14(22)3-5-15/h2-12,25H,13H2,1H3,(H,24,26). The normalized spacial score (nSPS) is 10.9. The first kappa shape index (κ1) is 22.9. The summed E-state index contributed by atoms with van der Waals surface area (Å²) in [5.41, 5.74) is 0.943. The molecule has 0 aromatic heterocycles. The van der Waals surface area contributed by atoms with Crippen LogP contribution in [0.25, 0.3) is 0 Å². The van der Waals surface area contributed by atoms with Gasteiger partial charge in [-0.25, -0.2) is 8.42 Å². The number of rotatable bonds is 8. The van der Waals surface area contributed by atoms with Crippen LogP contribution in [-0.4, -0.2) is 28.0 Å². The van der Waals surface area contributed by atoms with Gasteiger partial charge >= 0.3 is 0 Å². The number of sulfonamides is 1. The van der Waals surface area contributed by atoms with Gasteiger partial charge in [-0.1, -0.05) is 27.5 Å². The van der Waals surface area contributed by atoms with Gasteiger partial charge in [-0.2, -0.15) is 0 Å². The summed E-state index contributed by atoms with van der Waals surface area (Å²) in [5.74, 6) is 0.463. The van der Waals surface area contributed by atoms with E-state index in [0.29, 0.717) is 22.9 Å². The molecule has 1 amide bonds. The molecule has 0 fully saturated rings. The molecule has 0 radical (unpaired) electrons. The van der Waals surface area contributed by atoms with E-state index in [1.165, 1.54) is 37.4 Å². The number of carbonyl (C=O) groups is 1. The van der Waals surface area contributed by atoms with E-state index >= 15 is 0 Å². The van der Waals surface area contributed by atoms with Gasteiger partial charge in [-0.05, 0) is 66.7 Å². The topological polar surface area (TPSA) is 93.7 Å². The molecule has 0 aliphatic carbocycles. The Bertz CT molecular complexity index is 1170. The zero-order chi connectivity index (χ0) is 22.4. The number of hydrogen-bond donors (Lipinski definition) is 2. The Hall–Kier alpha value is -2.75. The molecule has 0 aliphatic heterocycles. The van der Waals surface area contributed by atoms with Crippen LogP contribution in [0.3, 0.4) is 0 Å². The van der Waals surface area contributed by atoms with Crippen LogP contribution in [0.4, 0.5) is 11.4 Å². The van der Waals surface area contributed by atoms with Crippen LogP contribution in [0.1, 0.15) is 0 Å². The van der Waals surface area contributed by atoms with Gasteiger partial charge in [-0.15, -0.1) is 0 Å². The molecular weight excluding hydrogens is 508 g/mol. The fourth-order valence-electron chi connectivity index (χ4n) is 2.54. The van der Waals surface area contributed by atoms with Gasteiger partial charge in [0.05, 0.1) is 22.7 Å². The van der Waals surface area contributed by atoms with Crippen molar-refractivity contribution in [2.24, 2.45) is 0 Å². The number of benzene rings is 3. The molecule has 162 valence electrons. The maximum absolute atomic E-state index is 12.6. The van der Waals surface area contributed by atoms with Crippen LogP contribution >= 0.6 is 27.5 Å². The van der Waals surface area contributed by atoms with Gasteiger partial charge in [0.1, 0.15) is 11.5 Å². The van der Waals surface area contributed by atoms with Gasteiger partial charge in [0.25, 0.3) is 15.9 Å². The maximum atomic E-state index is 12.6. The fourth-order valence-corrected chi connectivity index (χ4v) is 4.11. The lowest BCUT2D eigenvalue weighted by Crippen LogP contribution is -2.20. The molecule has 3 aromatic carbocycles. The highest BCUT2D eigenvalue weighted by Crippen LogP contribution is 2.28. The lowest BCUT2D eigenvalue weighted by Gasteiger charge is -2.11. The van der Waals surface area contributed by atoms with E-state index in [-0.39, 0.29) is 22.4 Å². The molecule has 0 unspecified atom stereocenters. The number of methoxy groups -OCH3 is 1. The second kappa shape index (κ2) is 10.0. The summed E-state index contributed by atoms with van der Waals surface area (Å²) < 4.78 is 39.0. The second-order valence-electron chi connectivity index (χ2n) is 6.27. The molecule has 3 rings (SSSR count). The molecule has 10 heteroatoms. The molecule has 0 saturated heterocycles. The molecule has 0 heterocycles. The van der Waals surface area contributed by atoms with Crippen molar-refractivity contribution in [2.45, 2.75) is 4.90 Å². The molecule has 31 heavy (non-hydrogen) atoms. The van der Waals surface area contributed by atoms with Crippen LogP contribution in [0.15, 0.2) is 76.1 Å². The van der Waals surface area contributed by atoms with E-state index in [2.05, 4.69) is 26.0 Å². The van der Waals surface area contributed by atoms with Crippen LogP contribution in [0, 0.1) is 0 Å². The summed E-state index contributed by atoms with van der Waals surface area (Å²) >= 11 is 9.36. The number of carbonyl (C=O) groups excluding carboxylic acids is 1. The molecular formula is C21H18BrClN2O5S. The quantitative estimate of drug-likeness (QED) is 0.435. The van der Waals surface area contributed by atoms with Crippen LogP contribution < -0.4 is 19.5 Å². The summed E-state index contributed by atoms with van der Waals surface area (Å²) in [6, 6.07) is 17.4. The van der Waals surface area contributed by atoms with Crippen molar-refractivity contribution >= 4 is 54.8 Å². The van der Waals surface area contributed by atoms with Gasteiger partial charge in [-0.3, -0.25) is 9.52 Å². The first-order valence-corrected chi connectivity index (χ1v) is 11.6. The van der Waals surface area contributed by atoms with Crippen molar-refractivity contribution < 1.29 is 22.7 Å². The number of nitrogens with one attached hydrogen (secondary N) is 2. The lowest BCUT2D eigenvalue weighted by atomic mass is 10.3. The van der Waals surface area contributed by atoms with Crippen LogP contribution in [0.2, 0.25) is 5.02 Å². The summed E-state index contributed by atoms with van der Waals surface area (Å²) in [5, 5.41) is 2.99. The molecule has 3 aromatic rings. The molecule has 7 nitrogen and oxygen atoms in total. The number of ether oxygens (including phenoxy) is 2. The van der Waals surface area contributed by atoms with Gasteiger partial charge in [0.2, 0.25) is 0 Å². The SMILES string of the molecule is COc1ccc(NS(=O)(=O)c2ccc(OCC(=O)Nc3ccc(Br)cc3)cc2)cc1Cl. The first-order chi connectivity index (χ1) is 14.8. The number of amides is 1. The van der Waals surface area contributed by atoms with E-state index < -0.39 is 10.0 Å². The van der Waals surface area contributed by atoms with Crippen molar-refractivity contribution in [3.8, 4) is 11.5 Å². The molecule has 0 spiro atoms. The van der Waals surface area contributed by atoms with Crippen LogP contribution in [-0.2, 0) is 14.8 Å². The van der Waals surface area contributed by atoms with Gasteiger partial charge in [0, 0.05) is 10.2 Å². The smallest absolute Gasteiger partial charge is 0.262 e. The van der Waals surface area contributed by atoms with E-state index in [4.69, 9.17) is 21.1 Å². The third-order valence-corrected chi connectivity index (χ3v) is 6.26. The van der Waals surface area contributed by atoms with E-state index in [1.807, 2.05) is 12.1 Å². The number of halogens is 2. The average molecular weight is 526 g/mol. The largest absolute Gasteiger partial charge is 0.495 e. The predicted molar refractivity (Wildman–Crippen MR) is 124 cm³/mol. The highest BCUT2D eigenvalue weighted by atomic mass is 79.9. The van der Waals surface area contributed by atoms with Crippen molar-refractivity contribution in [3.05, 3.63) is 76.2 Å². The highest BCUT2D eigenvalue weighted by molar-refractivity contribution is 9.10. The van der Waals surface area contributed by atoms with E-state index in [1.54, 1.807) is 24.3 Å². The Kier molecular flexibility index (Phi) is 7.42. The summed E-state index contributed by atoms with van der Waals surface area (Å²) in [7, 11) is -2.36. The van der Waals surface area contributed by atoms with Crippen molar-refractivity contribution in [1.29, 1.82) is 0 Å². The summed E-state index contributed by atoms with van der Waals surface area (Å²) in [6.07, 6.45) is 0. The maximum Gasteiger partial charge on any atom is 0.262 e. The third-order valence-electron chi connectivity index (χ3n) is 4.04. The van der Waals surface area contributed by atoms with Crippen molar-refractivity contribution in [1.82, 2.24) is 0 Å². The second-order valence-corrected chi connectivity index (χ2v) is 9.28. The minimum Gasteiger partial charge on any atom is -0.495 e. The Morgan fingerprint density at radius 2 is 1.65 bits per heavy atom. The molecule has 2 N–H and O–H groups in total. The van der Waals surface area contributed by atoms with Crippen molar-refractivity contribution in [2.75, 3.05) is 23.8 Å². The summed E-state index contributed by atoms with van der Waals surface area (Å²) in [6.45, 7) is -0.218. The van der Waals surface area contributed by atoms with Crippen LogP contribution in [0.5, 0.6) is 11.5 Å². The average Bonchev–Trinajstić information content (AvgIpc) is 2.74. The first-order valence-electron chi connectivity index (χ1n) is 8.91.